The Balaban J connectivity index is 1.70. The summed E-state index contributed by atoms with van der Waals surface area (Å²) < 4.78 is 5.31. The number of nitriles is 1. The van der Waals surface area contributed by atoms with Gasteiger partial charge in [0, 0.05) is 37.7 Å². The Hall–Kier alpha value is -1.12. The lowest BCUT2D eigenvalue weighted by Crippen LogP contribution is -2.41. The van der Waals surface area contributed by atoms with Gasteiger partial charge in [-0.3, -0.25) is 4.90 Å². The lowest BCUT2D eigenvalue weighted by Gasteiger charge is -2.28. The average Bonchev–Trinajstić information content (AvgIpc) is 2.49. The Labute approximate surface area is 125 Å². The number of benzene rings is 1. The number of nitrogens with zero attached hydrogens (tertiary/aromatic N) is 2. The molecule has 20 heavy (non-hydrogen) atoms. The topological polar surface area (TPSA) is 48.3 Å². The van der Waals surface area contributed by atoms with E-state index in [4.69, 9.17) is 16.3 Å². The quantitative estimate of drug-likeness (QED) is 0.870. The smallest absolute Gasteiger partial charge is 0.0715 e. The number of morpholine rings is 1. The molecule has 1 saturated heterocycles. The summed E-state index contributed by atoms with van der Waals surface area (Å²) in [6.07, 6.45) is 0. The Morgan fingerprint density at radius 1 is 1.30 bits per heavy atom. The molecule has 1 unspecified atom stereocenters. The second-order valence-corrected chi connectivity index (χ2v) is 5.43. The van der Waals surface area contributed by atoms with Crippen molar-refractivity contribution in [3.05, 3.63) is 34.9 Å². The van der Waals surface area contributed by atoms with E-state index in [-0.39, 0.29) is 5.92 Å². The third-order valence-corrected chi connectivity index (χ3v) is 3.65. The van der Waals surface area contributed by atoms with Gasteiger partial charge in [-0.05, 0) is 17.7 Å². The van der Waals surface area contributed by atoms with Crippen molar-refractivity contribution in [2.24, 2.45) is 5.92 Å². The van der Waals surface area contributed by atoms with Crippen molar-refractivity contribution < 1.29 is 4.74 Å². The summed E-state index contributed by atoms with van der Waals surface area (Å²) in [6.45, 7) is 5.68. The molecule has 108 valence electrons. The van der Waals surface area contributed by atoms with E-state index >= 15 is 0 Å². The van der Waals surface area contributed by atoms with E-state index in [9.17, 15) is 5.26 Å². The Kier molecular flexibility index (Phi) is 6.28. The van der Waals surface area contributed by atoms with Crippen molar-refractivity contribution in [2.75, 3.05) is 39.4 Å². The molecule has 0 amide bonds. The zero-order valence-electron chi connectivity index (χ0n) is 11.5. The summed E-state index contributed by atoms with van der Waals surface area (Å²) in [5.74, 6) is 0.0143. The van der Waals surface area contributed by atoms with Crippen molar-refractivity contribution >= 4 is 11.6 Å². The Morgan fingerprint density at radius 2 is 2.00 bits per heavy atom. The zero-order valence-corrected chi connectivity index (χ0v) is 12.3. The van der Waals surface area contributed by atoms with E-state index in [2.05, 4.69) is 16.3 Å². The molecular formula is C15H20ClN3O. The minimum absolute atomic E-state index is 0.0143. The summed E-state index contributed by atoms with van der Waals surface area (Å²) >= 11 is 5.85. The van der Waals surface area contributed by atoms with E-state index in [1.54, 1.807) is 0 Å². The first kappa shape index (κ1) is 15.3. The second-order valence-electron chi connectivity index (χ2n) is 5.00. The number of hydrogen-bond donors (Lipinski definition) is 1. The van der Waals surface area contributed by atoms with Crippen LogP contribution in [0.3, 0.4) is 0 Å². The van der Waals surface area contributed by atoms with Crippen molar-refractivity contribution in [3.8, 4) is 6.07 Å². The van der Waals surface area contributed by atoms with Crippen LogP contribution in [0.15, 0.2) is 24.3 Å². The molecule has 0 radical (unpaired) electrons. The molecule has 1 N–H and O–H groups in total. The van der Waals surface area contributed by atoms with Gasteiger partial charge in [-0.1, -0.05) is 23.7 Å². The van der Waals surface area contributed by atoms with Crippen LogP contribution in [0, 0.1) is 17.2 Å². The number of nitrogens with one attached hydrogen (secondary N) is 1. The van der Waals surface area contributed by atoms with Crippen LogP contribution in [0.5, 0.6) is 0 Å². The predicted octanol–water partition coefficient (Wildman–Crippen LogP) is 1.90. The second kappa shape index (κ2) is 8.23. The minimum Gasteiger partial charge on any atom is -0.379 e. The molecule has 0 aromatic heterocycles. The summed E-state index contributed by atoms with van der Waals surface area (Å²) in [7, 11) is 0. The minimum atomic E-state index is 0.0143. The monoisotopic (exact) mass is 293 g/mol. The fourth-order valence-corrected chi connectivity index (χ4v) is 2.37. The van der Waals surface area contributed by atoms with Gasteiger partial charge in [0.25, 0.3) is 0 Å². The lowest BCUT2D eigenvalue weighted by atomic mass is 10.1. The van der Waals surface area contributed by atoms with Crippen LogP contribution < -0.4 is 5.32 Å². The van der Waals surface area contributed by atoms with Crippen molar-refractivity contribution in [2.45, 2.75) is 6.54 Å². The van der Waals surface area contributed by atoms with Crippen LogP contribution in [0.25, 0.3) is 0 Å². The fourth-order valence-electron chi connectivity index (χ4n) is 2.24. The van der Waals surface area contributed by atoms with Crippen molar-refractivity contribution in [1.82, 2.24) is 10.2 Å². The van der Waals surface area contributed by atoms with Gasteiger partial charge in [0.15, 0.2) is 0 Å². The molecule has 1 fully saturated rings. The highest BCUT2D eigenvalue weighted by molar-refractivity contribution is 6.30. The molecule has 4 nitrogen and oxygen atoms in total. The molecule has 5 heteroatoms. The molecule has 1 aliphatic rings. The molecule has 2 rings (SSSR count). The van der Waals surface area contributed by atoms with E-state index in [0.717, 1.165) is 44.4 Å². The highest BCUT2D eigenvalue weighted by Gasteiger charge is 2.15. The Bertz CT molecular complexity index is 437. The molecular weight excluding hydrogens is 274 g/mol. The first-order valence-corrected chi connectivity index (χ1v) is 7.30. The first-order valence-electron chi connectivity index (χ1n) is 6.93. The normalized spacial score (nSPS) is 17.6. The maximum Gasteiger partial charge on any atom is 0.0715 e. The maximum absolute atomic E-state index is 9.22. The zero-order chi connectivity index (χ0) is 14.2. The summed E-state index contributed by atoms with van der Waals surface area (Å²) in [5.41, 5.74) is 1.18. The molecule has 1 aromatic rings. The van der Waals surface area contributed by atoms with Crippen LogP contribution in [0.4, 0.5) is 0 Å². The van der Waals surface area contributed by atoms with Crippen LogP contribution in [0.1, 0.15) is 5.56 Å². The number of rotatable bonds is 6. The molecule has 1 heterocycles. The van der Waals surface area contributed by atoms with Gasteiger partial charge in [-0.25, -0.2) is 0 Å². The van der Waals surface area contributed by atoms with Crippen LogP contribution >= 0.6 is 11.6 Å². The SMILES string of the molecule is N#CC(CNCc1ccc(Cl)cc1)CN1CCOCC1. The van der Waals surface area contributed by atoms with Gasteiger partial charge < -0.3 is 10.1 Å². The molecule has 1 aliphatic heterocycles. The fraction of sp³-hybridized carbons (Fsp3) is 0.533. The van der Waals surface area contributed by atoms with Gasteiger partial charge in [-0.15, -0.1) is 0 Å². The van der Waals surface area contributed by atoms with Crippen LogP contribution in [-0.2, 0) is 11.3 Å². The molecule has 1 atom stereocenters. The molecule has 0 bridgehead atoms. The number of halogens is 1. The molecule has 1 aromatic carbocycles. The van der Waals surface area contributed by atoms with Gasteiger partial charge in [0.05, 0.1) is 25.2 Å². The highest BCUT2D eigenvalue weighted by Crippen LogP contribution is 2.09. The van der Waals surface area contributed by atoms with Gasteiger partial charge in [0.1, 0.15) is 0 Å². The van der Waals surface area contributed by atoms with Crippen LogP contribution in [0.2, 0.25) is 5.02 Å². The van der Waals surface area contributed by atoms with Gasteiger partial charge >= 0.3 is 0 Å². The van der Waals surface area contributed by atoms with E-state index in [0.29, 0.717) is 6.54 Å². The van der Waals surface area contributed by atoms with E-state index in [1.807, 2.05) is 24.3 Å². The van der Waals surface area contributed by atoms with E-state index < -0.39 is 0 Å². The predicted molar refractivity (Wildman–Crippen MR) is 79.5 cm³/mol. The molecule has 0 saturated carbocycles. The standard InChI is InChI=1S/C15H20ClN3O/c16-15-3-1-13(2-4-15)10-18-11-14(9-17)12-19-5-7-20-8-6-19/h1-4,14,18H,5-8,10-12H2. The maximum atomic E-state index is 9.22. The van der Waals surface area contributed by atoms with Crippen LogP contribution in [-0.4, -0.2) is 44.3 Å². The molecule has 0 aliphatic carbocycles. The largest absolute Gasteiger partial charge is 0.379 e. The van der Waals surface area contributed by atoms with E-state index in [1.165, 1.54) is 5.56 Å². The summed E-state index contributed by atoms with van der Waals surface area (Å²) in [5, 5.41) is 13.3. The molecule has 0 spiro atoms. The third kappa shape index (κ3) is 5.10. The summed E-state index contributed by atoms with van der Waals surface area (Å²) in [4.78, 5) is 2.29. The number of ether oxygens (including phenoxy) is 1. The van der Waals surface area contributed by atoms with Gasteiger partial charge in [0.2, 0.25) is 0 Å². The van der Waals surface area contributed by atoms with Crippen molar-refractivity contribution in [1.29, 1.82) is 5.26 Å². The highest BCUT2D eigenvalue weighted by atomic mass is 35.5. The third-order valence-electron chi connectivity index (χ3n) is 3.40. The first-order chi connectivity index (χ1) is 9.78. The summed E-state index contributed by atoms with van der Waals surface area (Å²) in [6, 6.07) is 10.1. The van der Waals surface area contributed by atoms with Gasteiger partial charge in [-0.2, -0.15) is 5.26 Å². The lowest BCUT2D eigenvalue weighted by molar-refractivity contribution is 0.0338. The van der Waals surface area contributed by atoms with Crippen molar-refractivity contribution in [3.63, 3.8) is 0 Å². The average molecular weight is 294 g/mol. The Morgan fingerprint density at radius 3 is 2.65 bits per heavy atom. The number of hydrogen-bond acceptors (Lipinski definition) is 4.